The second kappa shape index (κ2) is 8.97. The number of piperazine rings is 1. The molecule has 0 radical (unpaired) electrons. The first-order chi connectivity index (χ1) is 17.7. The highest BCUT2D eigenvalue weighted by molar-refractivity contribution is 5.93. The topological polar surface area (TPSA) is 106 Å². The predicted molar refractivity (Wildman–Crippen MR) is 136 cm³/mol. The summed E-state index contributed by atoms with van der Waals surface area (Å²) in [6.07, 6.45) is 4.64. The number of carboxylic acid groups (broad SMARTS) is 1. The molecule has 2 heterocycles. The van der Waals surface area contributed by atoms with Gasteiger partial charge >= 0.3 is 5.97 Å². The average Bonchev–Trinajstić information content (AvgIpc) is 2.85. The Morgan fingerprint density at radius 2 is 1.86 bits per heavy atom. The Labute approximate surface area is 215 Å². The molecule has 196 valence electrons. The van der Waals surface area contributed by atoms with Crippen molar-refractivity contribution in [2.75, 3.05) is 29.4 Å². The fraction of sp³-hybridized carbons (Fsp3) is 0.536. The third-order valence-corrected chi connectivity index (χ3v) is 8.97. The first kappa shape index (κ1) is 24.2. The molecule has 7 rings (SSSR count). The number of pyridine rings is 1. The summed E-state index contributed by atoms with van der Waals surface area (Å²) in [6, 6.07) is 9.84. The normalized spacial score (nSPS) is 32.5. The van der Waals surface area contributed by atoms with E-state index in [2.05, 4.69) is 17.1 Å². The highest BCUT2D eigenvalue weighted by atomic mass is 19.1. The lowest BCUT2D eigenvalue weighted by atomic mass is 9.52. The lowest BCUT2D eigenvalue weighted by molar-refractivity contribution is -0.136. The summed E-state index contributed by atoms with van der Waals surface area (Å²) in [5, 5.41) is 23.4. The minimum absolute atomic E-state index is 0.0445. The minimum Gasteiger partial charge on any atom is -0.478 e. The van der Waals surface area contributed by atoms with Crippen LogP contribution in [0.25, 0.3) is 0 Å². The van der Waals surface area contributed by atoms with Gasteiger partial charge in [-0.15, -0.1) is 0 Å². The van der Waals surface area contributed by atoms with Gasteiger partial charge in [-0.3, -0.25) is 4.79 Å². The molecule has 8 nitrogen and oxygen atoms in total. The number of aromatic carboxylic acids is 1. The van der Waals surface area contributed by atoms with Crippen molar-refractivity contribution in [2.45, 2.75) is 56.7 Å². The zero-order valence-electron chi connectivity index (χ0n) is 20.9. The lowest BCUT2D eigenvalue weighted by Gasteiger charge is -2.58. The number of halogens is 1. The molecule has 9 heteroatoms. The zero-order valence-corrected chi connectivity index (χ0v) is 20.9. The number of carboxylic acids is 1. The van der Waals surface area contributed by atoms with Gasteiger partial charge in [0.15, 0.2) is 0 Å². The van der Waals surface area contributed by atoms with Gasteiger partial charge in [-0.2, -0.15) is 0 Å². The molecule has 37 heavy (non-hydrogen) atoms. The number of hydrogen-bond donors (Lipinski definition) is 3. The van der Waals surface area contributed by atoms with Crippen molar-refractivity contribution in [1.29, 1.82) is 0 Å². The van der Waals surface area contributed by atoms with Crippen LogP contribution in [0.5, 0.6) is 0 Å². The van der Waals surface area contributed by atoms with Crippen LogP contribution in [0, 0.1) is 23.6 Å². The molecule has 1 aromatic heterocycles. The molecular weight excluding hydrogens is 475 g/mol. The summed E-state index contributed by atoms with van der Waals surface area (Å²) >= 11 is 0. The van der Waals surface area contributed by atoms with Gasteiger partial charge in [0, 0.05) is 37.4 Å². The number of anilines is 2. The largest absolute Gasteiger partial charge is 0.478 e. The number of nitrogens with one attached hydrogen (secondary N) is 1. The Bertz CT molecular complexity index is 1220. The van der Waals surface area contributed by atoms with Crippen molar-refractivity contribution < 1.29 is 24.2 Å². The van der Waals surface area contributed by atoms with Gasteiger partial charge in [-0.05, 0) is 87.1 Å². The zero-order chi connectivity index (χ0) is 25.9. The number of rotatable bonds is 5. The molecule has 1 aromatic carbocycles. The highest BCUT2D eigenvalue weighted by Crippen LogP contribution is 2.55. The van der Waals surface area contributed by atoms with E-state index in [0.717, 1.165) is 37.9 Å². The fourth-order valence-electron chi connectivity index (χ4n) is 7.56. The van der Waals surface area contributed by atoms with Gasteiger partial charge in [0.2, 0.25) is 0 Å². The van der Waals surface area contributed by atoms with Crippen molar-refractivity contribution in [3.8, 4) is 0 Å². The maximum absolute atomic E-state index is 13.8. The van der Waals surface area contributed by atoms with E-state index in [1.54, 1.807) is 12.1 Å². The number of aliphatic hydroxyl groups is 1. The molecule has 1 aliphatic heterocycles. The average molecular weight is 509 g/mol. The Kier molecular flexibility index (Phi) is 5.86. The molecule has 4 aliphatic carbocycles. The van der Waals surface area contributed by atoms with Crippen molar-refractivity contribution in [3.05, 3.63) is 53.5 Å². The van der Waals surface area contributed by atoms with E-state index >= 15 is 0 Å². The predicted octanol–water partition coefficient (Wildman–Crippen LogP) is 3.30. The van der Waals surface area contributed by atoms with Crippen molar-refractivity contribution in [3.63, 3.8) is 0 Å². The lowest BCUT2D eigenvalue weighted by Crippen LogP contribution is -2.61. The Hall–Kier alpha value is -3.20. The second-order valence-electron chi connectivity index (χ2n) is 11.5. The third kappa shape index (κ3) is 4.43. The van der Waals surface area contributed by atoms with E-state index in [-0.39, 0.29) is 23.6 Å². The molecule has 5 fully saturated rings. The summed E-state index contributed by atoms with van der Waals surface area (Å²) in [7, 11) is 0. The highest BCUT2D eigenvalue weighted by Gasteiger charge is 2.55. The van der Waals surface area contributed by atoms with Gasteiger partial charge < -0.3 is 25.3 Å². The molecule has 2 aromatic rings. The van der Waals surface area contributed by atoms with Crippen molar-refractivity contribution in [1.82, 2.24) is 10.3 Å². The molecular formula is C28H33FN4O4. The van der Waals surface area contributed by atoms with Crippen LogP contribution in [0.1, 0.15) is 59.9 Å². The number of nitrogens with zero attached hydrogens (tertiary/aromatic N) is 3. The van der Waals surface area contributed by atoms with Crippen LogP contribution in [0.2, 0.25) is 0 Å². The molecule has 4 saturated carbocycles. The van der Waals surface area contributed by atoms with E-state index in [1.165, 1.54) is 12.1 Å². The Morgan fingerprint density at radius 3 is 2.54 bits per heavy atom. The van der Waals surface area contributed by atoms with E-state index < -0.39 is 17.4 Å². The molecule has 3 atom stereocenters. The SMILES string of the molecule is C[C@@H]1CN(c2ccc(F)c(C(=O)O)c2)CCN1c1cccc(C(=O)NC2[C@@H]3CC4C[C@@H]2CC(O)(C4)C3)n1. The van der Waals surface area contributed by atoms with Crippen LogP contribution in [-0.2, 0) is 0 Å². The van der Waals surface area contributed by atoms with Crippen LogP contribution in [0.4, 0.5) is 15.9 Å². The monoisotopic (exact) mass is 508 g/mol. The number of carbonyl (C=O) groups excluding carboxylic acids is 1. The molecule has 3 N–H and O–H groups in total. The standard InChI is InChI=1S/C28H33FN4O4/c1-16-15-32(20-5-6-22(29)21(11-20)27(35)36)7-8-33(16)24-4-2-3-23(30-24)26(34)31-25-18-9-17-10-19(25)14-28(37,12-17)13-18/h2-6,11,16-19,25,37H,7-10,12-15H2,1H3,(H,31,34)(H,35,36)/t16-,17?,18-,19-,25?,28?/m1/s1. The maximum Gasteiger partial charge on any atom is 0.338 e. The molecule has 0 spiro atoms. The number of hydrogen-bond acceptors (Lipinski definition) is 6. The van der Waals surface area contributed by atoms with Crippen LogP contribution < -0.4 is 15.1 Å². The molecule has 0 unspecified atom stereocenters. The summed E-state index contributed by atoms with van der Waals surface area (Å²) in [6.45, 7) is 3.91. The van der Waals surface area contributed by atoms with E-state index in [0.29, 0.717) is 48.8 Å². The van der Waals surface area contributed by atoms with Gasteiger partial charge in [0.1, 0.15) is 17.3 Å². The van der Waals surface area contributed by atoms with Crippen LogP contribution in [0.3, 0.4) is 0 Å². The quantitative estimate of drug-likeness (QED) is 0.569. The van der Waals surface area contributed by atoms with E-state index in [4.69, 9.17) is 4.98 Å². The second-order valence-corrected chi connectivity index (χ2v) is 11.5. The maximum atomic E-state index is 13.8. The first-order valence-corrected chi connectivity index (χ1v) is 13.2. The Morgan fingerprint density at radius 1 is 1.11 bits per heavy atom. The Balaban J connectivity index is 1.13. The molecule has 1 amide bonds. The fourth-order valence-corrected chi connectivity index (χ4v) is 7.56. The van der Waals surface area contributed by atoms with Crippen LogP contribution in [0.15, 0.2) is 36.4 Å². The van der Waals surface area contributed by atoms with E-state index in [1.807, 2.05) is 17.0 Å². The summed E-state index contributed by atoms with van der Waals surface area (Å²) in [5.41, 5.74) is 0.203. The van der Waals surface area contributed by atoms with Gasteiger partial charge in [-0.1, -0.05) is 6.07 Å². The van der Waals surface area contributed by atoms with Crippen LogP contribution >= 0.6 is 0 Å². The van der Waals surface area contributed by atoms with Gasteiger partial charge in [0.05, 0.1) is 11.2 Å². The van der Waals surface area contributed by atoms with Gasteiger partial charge in [0.25, 0.3) is 5.91 Å². The summed E-state index contributed by atoms with van der Waals surface area (Å²) in [5.74, 6) is -0.201. The van der Waals surface area contributed by atoms with Gasteiger partial charge in [-0.25, -0.2) is 14.2 Å². The van der Waals surface area contributed by atoms with Crippen LogP contribution in [-0.4, -0.2) is 64.4 Å². The number of carbonyl (C=O) groups is 2. The third-order valence-electron chi connectivity index (χ3n) is 8.97. The molecule has 5 aliphatic rings. The van der Waals surface area contributed by atoms with E-state index in [9.17, 15) is 24.2 Å². The number of aromatic nitrogens is 1. The first-order valence-electron chi connectivity index (χ1n) is 13.2. The summed E-state index contributed by atoms with van der Waals surface area (Å²) < 4.78 is 13.8. The summed E-state index contributed by atoms with van der Waals surface area (Å²) in [4.78, 5) is 33.5. The minimum atomic E-state index is -1.28. The van der Waals surface area contributed by atoms with Crippen molar-refractivity contribution >= 4 is 23.4 Å². The molecule has 1 saturated heterocycles. The number of benzene rings is 1. The van der Waals surface area contributed by atoms with Crippen molar-refractivity contribution in [2.24, 2.45) is 17.8 Å². The number of amides is 1. The smallest absolute Gasteiger partial charge is 0.338 e. The molecule has 4 bridgehead atoms.